The van der Waals surface area contributed by atoms with E-state index in [1.165, 1.54) is 23.5 Å². The molecule has 0 atom stereocenters. The Morgan fingerprint density at radius 3 is 2.54 bits per heavy atom. The molecule has 1 fully saturated rings. The molecule has 0 aliphatic carbocycles. The van der Waals surface area contributed by atoms with Crippen molar-refractivity contribution in [2.75, 3.05) is 42.1 Å². The van der Waals surface area contributed by atoms with E-state index < -0.39 is 11.5 Å². The average Bonchev–Trinajstić information content (AvgIpc) is 3.34. The van der Waals surface area contributed by atoms with Gasteiger partial charge in [0.25, 0.3) is 5.91 Å². The van der Waals surface area contributed by atoms with E-state index in [9.17, 15) is 14.4 Å². The van der Waals surface area contributed by atoms with Gasteiger partial charge in [0, 0.05) is 37.3 Å². The minimum absolute atomic E-state index is 0.0391. The monoisotopic (exact) mass is 507 g/mol. The molecule has 5 rings (SSSR count). The number of thioether (sulfide) groups is 1. The molecule has 4 aromatic rings. The summed E-state index contributed by atoms with van der Waals surface area (Å²) in [5, 5.41) is 11.5. The minimum Gasteiger partial charge on any atom is -0.422 e. The number of hydrogen-bond acceptors (Lipinski definition) is 9. The van der Waals surface area contributed by atoms with Gasteiger partial charge in [-0.3, -0.25) is 14.9 Å². The number of para-hydroxylation sites is 2. The van der Waals surface area contributed by atoms with Crippen molar-refractivity contribution in [2.45, 2.75) is 4.34 Å². The molecule has 11 heteroatoms. The molecule has 2 aromatic carbocycles. The summed E-state index contributed by atoms with van der Waals surface area (Å²) < 4.78 is 5.77. The van der Waals surface area contributed by atoms with E-state index in [0.29, 0.717) is 28.4 Å². The maximum atomic E-state index is 12.7. The van der Waals surface area contributed by atoms with Gasteiger partial charge in [-0.05, 0) is 24.3 Å². The van der Waals surface area contributed by atoms with Crippen molar-refractivity contribution in [3.63, 3.8) is 0 Å². The number of rotatable bonds is 6. The second-order valence-electron chi connectivity index (χ2n) is 7.80. The van der Waals surface area contributed by atoms with Gasteiger partial charge in [-0.1, -0.05) is 59.5 Å². The van der Waals surface area contributed by atoms with Crippen LogP contribution in [0.15, 0.2) is 74.2 Å². The number of benzene rings is 2. The Hall–Kier alpha value is -3.70. The number of amides is 2. The van der Waals surface area contributed by atoms with Crippen LogP contribution in [-0.4, -0.2) is 58.8 Å². The molecule has 1 aliphatic rings. The lowest BCUT2D eigenvalue weighted by atomic mass is 10.2. The van der Waals surface area contributed by atoms with E-state index in [1.54, 1.807) is 24.3 Å². The standard InChI is InChI=1S/C24H21N5O4S2/c30-20(29-12-10-28(11-13-29)17-7-2-1-3-8-17)15-34-24-27-26-23(35-24)25-21(31)18-14-16-6-4-5-9-19(16)33-22(18)32/h1-9,14H,10-13,15H2,(H,25,26,31). The summed E-state index contributed by atoms with van der Waals surface area (Å²) in [7, 11) is 0. The molecular weight excluding hydrogens is 486 g/mol. The number of hydrogen-bond donors (Lipinski definition) is 1. The van der Waals surface area contributed by atoms with Gasteiger partial charge in [0.2, 0.25) is 11.0 Å². The van der Waals surface area contributed by atoms with E-state index >= 15 is 0 Å². The third-order valence-electron chi connectivity index (χ3n) is 5.59. The van der Waals surface area contributed by atoms with Crippen molar-refractivity contribution in [3.05, 3.63) is 76.6 Å². The van der Waals surface area contributed by atoms with Crippen LogP contribution in [0.4, 0.5) is 10.8 Å². The second kappa shape index (κ2) is 10.3. The van der Waals surface area contributed by atoms with E-state index in [2.05, 4.69) is 32.5 Å². The van der Waals surface area contributed by atoms with Gasteiger partial charge in [-0.25, -0.2) is 4.79 Å². The molecule has 0 bridgehead atoms. The largest absolute Gasteiger partial charge is 0.422 e. The molecule has 2 aromatic heterocycles. The predicted octanol–water partition coefficient (Wildman–Crippen LogP) is 3.34. The fourth-order valence-electron chi connectivity index (χ4n) is 3.77. The Morgan fingerprint density at radius 2 is 1.74 bits per heavy atom. The lowest BCUT2D eigenvalue weighted by molar-refractivity contribution is -0.128. The molecular formula is C24H21N5O4S2. The molecule has 0 radical (unpaired) electrons. The Labute approximate surface area is 208 Å². The third kappa shape index (κ3) is 5.36. The van der Waals surface area contributed by atoms with Crippen molar-refractivity contribution in [3.8, 4) is 0 Å². The van der Waals surface area contributed by atoms with Crippen molar-refractivity contribution in [1.29, 1.82) is 0 Å². The molecule has 1 aliphatic heterocycles. The number of anilines is 2. The molecule has 0 spiro atoms. The van der Waals surface area contributed by atoms with Crippen molar-refractivity contribution < 1.29 is 14.0 Å². The number of nitrogens with zero attached hydrogens (tertiary/aromatic N) is 4. The fraction of sp³-hybridized carbons (Fsp3) is 0.208. The molecule has 0 unspecified atom stereocenters. The maximum absolute atomic E-state index is 12.7. The van der Waals surface area contributed by atoms with Crippen LogP contribution in [0.2, 0.25) is 0 Å². The minimum atomic E-state index is -0.724. The van der Waals surface area contributed by atoms with Crippen LogP contribution >= 0.6 is 23.1 Å². The van der Waals surface area contributed by atoms with Crippen LogP contribution in [0.1, 0.15) is 10.4 Å². The fourth-order valence-corrected chi connectivity index (χ4v) is 5.42. The van der Waals surface area contributed by atoms with Gasteiger partial charge in [0.15, 0.2) is 4.34 Å². The zero-order valence-electron chi connectivity index (χ0n) is 18.5. The van der Waals surface area contributed by atoms with E-state index in [-0.39, 0.29) is 22.4 Å². The van der Waals surface area contributed by atoms with Gasteiger partial charge in [0.1, 0.15) is 11.1 Å². The van der Waals surface area contributed by atoms with Crippen LogP contribution < -0.4 is 15.8 Å². The number of nitrogens with one attached hydrogen (secondary N) is 1. The molecule has 9 nitrogen and oxygen atoms in total. The first-order valence-electron chi connectivity index (χ1n) is 10.9. The van der Waals surface area contributed by atoms with Crippen LogP contribution in [0, 0.1) is 0 Å². The van der Waals surface area contributed by atoms with E-state index in [4.69, 9.17) is 4.42 Å². The summed E-state index contributed by atoms with van der Waals surface area (Å²) in [6.07, 6.45) is 0. The number of aromatic nitrogens is 2. The molecule has 0 saturated carbocycles. The van der Waals surface area contributed by atoms with Gasteiger partial charge in [-0.2, -0.15) is 0 Å². The maximum Gasteiger partial charge on any atom is 0.349 e. The second-order valence-corrected chi connectivity index (χ2v) is 10.0. The van der Waals surface area contributed by atoms with Crippen molar-refractivity contribution >= 4 is 56.7 Å². The first kappa shape index (κ1) is 23.1. The molecule has 3 heterocycles. The molecule has 1 saturated heterocycles. The Balaban J connectivity index is 1.14. The molecule has 2 amide bonds. The SMILES string of the molecule is O=C(Nc1nnc(SCC(=O)N2CCN(c3ccccc3)CC2)s1)c1cc2ccccc2oc1=O. The highest BCUT2D eigenvalue weighted by Crippen LogP contribution is 2.26. The lowest BCUT2D eigenvalue weighted by Gasteiger charge is -2.36. The van der Waals surface area contributed by atoms with Gasteiger partial charge in [0.05, 0.1) is 5.75 Å². The Kier molecular flexibility index (Phi) is 6.77. The Morgan fingerprint density at radius 1 is 1.00 bits per heavy atom. The normalized spacial score (nSPS) is 13.7. The highest BCUT2D eigenvalue weighted by Gasteiger charge is 2.22. The zero-order chi connectivity index (χ0) is 24.2. The highest BCUT2D eigenvalue weighted by molar-refractivity contribution is 8.01. The van der Waals surface area contributed by atoms with Gasteiger partial charge in [-0.15, -0.1) is 10.2 Å². The number of carbonyl (C=O) groups excluding carboxylic acids is 2. The van der Waals surface area contributed by atoms with E-state index in [0.717, 1.165) is 24.4 Å². The topological polar surface area (TPSA) is 109 Å². The summed E-state index contributed by atoms with van der Waals surface area (Å²) in [5.74, 6) is -0.343. The van der Waals surface area contributed by atoms with E-state index in [1.807, 2.05) is 23.1 Å². The predicted molar refractivity (Wildman–Crippen MR) is 136 cm³/mol. The number of carbonyl (C=O) groups is 2. The number of fused-ring (bicyclic) bond motifs is 1. The van der Waals surface area contributed by atoms with Crippen LogP contribution in [0.5, 0.6) is 0 Å². The lowest BCUT2D eigenvalue weighted by Crippen LogP contribution is -2.49. The average molecular weight is 508 g/mol. The quantitative estimate of drug-likeness (QED) is 0.241. The Bertz CT molecular complexity index is 1410. The summed E-state index contributed by atoms with van der Waals surface area (Å²) >= 11 is 2.43. The number of piperazine rings is 1. The zero-order valence-corrected chi connectivity index (χ0v) is 20.2. The van der Waals surface area contributed by atoms with Crippen LogP contribution in [0.25, 0.3) is 11.0 Å². The smallest absolute Gasteiger partial charge is 0.349 e. The summed E-state index contributed by atoms with van der Waals surface area (Å²) in [4.78, 5) is 41.6. The molecule has 178 valence electrons. The molecule has 35 heavy (non-hydrogen) atoms. The van der Waals surface area contributed by atoms with Crippen molar-refractivity contribution in [2.24, 2.45) is 0 Å². The first-order valence-corrected chi connectivity index (χ1v) is 12.8. The van der Waals surface area contributed by atoms with Crippen LogP contribution in [0.3, 0.4) is 0 Å². The summed E-state index contributed by atoms with van der Waals surface area (Å²) in [6.45, 7) is 2.91. The first-order chi connectivity index (χ1) is 17.1. The molecule has 1 N–H and O–H groups in total. The summed E-state index contributed by atoms with van der Waals surface area (Å²) in [5.41, 5.74) is 0.741. The highest BCUT2D eigenvalue weighted by atomic mass is 32.2. The van der Waals surface area contributed by atoms with Crippen LogP contribution in [-0.2, 0) is 4.79 Å². The van der Waals surface area contributed by atoms with Crippen molar-refractivity contribution in [1.82, 2.24) is 15.1 Å². The summed E-state index contributed by atoms with van der Waals surface area (Å²) in [6, 6.07) is 18.6. The van der Waals surface area contributed by atoms with Gasteiger partial charge < -0.3 is 14.2 Å². The van der Waals surface area contributed by atoms with Gasteiger partial charge >= 0.3 is 5.63 Å². The third-order valence-corrected chi connectivity index (χ3v) is 7.54.